The fraction of sp³-hybridized carbons (Fsp3) is 0.364. The van der Waals surface area contributed by atoms with Crippen LogP contribution in [0.2, 0.25) is 19.1 Å². The summed E-state index contributed by atoms with van der Waals surface area (Å²) in [4.78, 5) is 22.1. The van der Waals surface area contributed by atoms with Gasteiger partial charge in [0.05, 0.1) is 0 Å². The fourth-order valence-electron chi connectivity index (χ4n) is 2.83. The Morgan fingerprint density at radius 1 is 1.22 bits per heavy atom. The van der Waals surface area contributed by atoms with Crippen LogP contribution in [-0.4, -0.2) is 36.9 Å². The molecule has 1 heterocycles. The largest absolute Gasteiger partial charge is 0.385 e. The zero-order valence-electron chi connectivity index (χ0n) is 18.7. The van der Waals surface area contributed by atoms with Crippen molar-refractivity contribution >= 4 is 49.5 Å². The number of allylic oxidation sites excluding steroid dienone is 1. The molecule has 32 heavy (non-hydrogen) atoms. The molecule has 8 nitrogen and oxygen atoms in total. The van der Waals surface area contributed by atoms with E-state index < -0.39 is 8.80 Å². The molecule has 0 radical (unpaired) electrons. The zero-order valence-corrected chi connectivity index (χ0v) is 20.7. The first-order chi connectivity index (χ1) is 15.3. The highest BCUT2D eigenvalue weighted by molar-refractivity contribution is 7.99. The Bertz CT molecular complexity index is 990. The maximum atomic E-state index is 11.9. The van der Waals surface area contributed by atoms with E-state index in [1.807, 2.05) is 30.3 Å². The Labute approximate surface area is 195 Å². The van der Waals surface area contributed by atoms with E-state index in [2.05, 4.69) is 39.0 Å². The lowest BCUT2D eigenvalue weighted by atomic mass is 10.3. The average Bonchev–Trinajstić information content (AvgIpc) is 3.54. The van der Waals surface area contributed by atoms with Gasteiger partial charge in [0.1, 0.15) is 17.5 Å². The SMILES string of the molecule is CC(=N)/C=C(\N)Nc1cc(NCC[SiH](C)C)nc(Sc2ccc(NC(=O)C3CC3)cc2)n1. The number of hydrogen-bond acceptors (Lipinski definition) is 8. The van der Waals surface area contributed by atoms with Crippen molar-refractivity contribution in [3.63, 3.8) is 0 Å². The van der Waals surface area contributed by atoms with Gasteiger partial charge in [-0.15, -0.1) is 0 Å². The molecule has 0 aliphatic heterocycles. The van der Waals surface area contributed by atoms with Crippen LogP contribution in [0.4, 0.5) is 17.3 Å². The second-order valence-electron chi connectivity index (χ2n) is 8.33. The number of nitrogens with two attached hydrogens (primary N) is 1. The number of hydrogen-bond donors (Lipinski definition) is 5. The fourth-order valence-corrected chi connectivity index (χ4v) is 4.33. The molecule has 1 saturated carbocycles. The molecule has 1 fully saturated rings. The first-order valence-corrected chi connectivity index (χ1v) is 14.7. The molecule has 3 rings (SSSR count). The minimum absolute atomic E-state index is 0.0958. The van der Waals surface area contributed by atoms with Crippen molar-refractivity contribution in [2.24, 2.45) is 11.7 Å². The molecule has 6 N–H and O–H groups in total. The first kappa shape index (κ1) is 23.8. The lowest BCUT2D eigenvalue weighted by molar-refractivity contribution is -0.117. The average molecular weight is 470 g/mol. The van der Waals surface area contributed by atoms with Crippen molar-refractivity contribution in [2.75, 3.05) is 22.5 Å². The number of benzene rings is 1. The normalized spacial score (nSPS) is 13.7. The molecule has 1 aromatic carbocycles. The third-order valence-electron chi connectivity index (χ3n) is 4.66. The van der Waals surface area contributed by atoms with Gasteiger partial charge in [0.15, 0.2) is 5.16 Å². The monoisotopic (exact) mass is 469 g/mol. The number of nitrogens with one attached hydrogen (secondary N) is 4. The van der Waals surface area contributed by atoms with Gasteiger partial charge in [-0.3, -0.25) is 4.79 Å². The van der Waals surface area contributed by atoms with E-state index in [1.165, 1.54) is 11.8 Å². The predicted molar refractivity (Wildman–Crippen MR) is 135 cm³/mol. The quantitative estimate of drug-likeness (QED) is 0.190. The predicted octanol–water partition coefficient (Wildman–Crippen LogP) is 4.13. The van der Waals surface area contributed by atoms with Crippen LogP contribution >= 0.6 is 11.8 Å². The van der Waals surface area contributed by atoms with E-state index in [1.54, 1.807) is 13.0 Å². The maximum Gasteiger partial charge on any atom is 0.227 e. The van der Waals surface area contributed by atoms with E-state index in [-0.39, 0.29) is 11.8 Å². The summed E-state index contributed by atoms with van der Waals surface area (Å²) >= 11 is 1.43. The maximum absolute atomic E-state index is 11.9. The molecule has 1 amide bonds. The van der Waals surface area contributed by atoms with Crippen LogP contribution in [0.1, 0.15) is 19.8 Å². The van der Waals surface area contributed by atoms with E-state index in [9.17, 15) is 4.79 Å². The topological polar surface area (TPSA) is 129 Å². The molecule has 2 aromatic rings. The molecule has 0 unspecified atom stereocenters. The van der Waals surface area contributed by atoms with Gasteiger partial charge in [-0.05, 0) is 67.9 Å². The summed E-state index contributed by atoms with van der Waals surface area (Å²) in [6.07, 6.45) is 3.51. The van der Waals surface area contributed by atoms with E-state index in [4.69, 9.17) is 11.1 Å². The standard InChI is InChI=1S/C22H31N7OSSi/c1-14(23)12-18(24)27-20-13-19(25-10-11-32(2)3)28-22(29-20)31-17-8-6-16(7-9-17)26-21(30)15-4-5-15/h6-9,12-13,15,23,32H,4-5,10-11,24H2,1-3H3,(H,26,30)(H2,25,27,28,29)/b18-12+,23-14?. The highest BCUT2D eigenvalue weighted by Crippen LogP contribution is 2.31. The van der Waals surface area contributed by atoms with Gasteiger partial charge in [-0.1, -0.05) is 13.1 Å². The second kappa shape index (κ2) is 11.1. The lowest BCUT2D eigenvalue weighted by Crippen LogP contribution is -2.14. The number of carbonyl (C=O) groups is 1. The Kier molecular flexibility index (Phi) is 8.29. The number of rotatable bonds is 11. The molecule has 0 spiro atoms. The van der Waals surface area contributed by atoms with E-state index >= 15 is 0 Å². The van der Waals surface area contributed by atoms with Crippen molar-refractivity contribution in [3.05, 3.63) is 42.2 Å². The molecule has 1 aliphatic rings. The van der Waals surface area contributed by atoms with E-state index in [0.717, 1.165) is 41.8 Å². The minimum atomic E-state index is -0.660. The molecular formula is C22H31N7OSSi. The van der Waals surface area contributed by atoms with Gasteiger partial charge in [-0.2, -0.15) is 0 Å². The van der Waals surface area contributed by atoms with Crippen molar-refractivity contribution in [2.45, 2.75) is 49.0 Å². The van der Waals surface area contributed by atoms with E-state index in [0.29, 0.717) is 22.5 Å². The van der Waals surface area contributed by atoms with Crippen LogP contribution in [0.3, 0.4) is 0 Å². The third kappa shape index (κ3) is 8.01. The van der Waals surface area contributed by atoms with Crippen LogP contribution in [0, 0.1) is 11.3 Å². The summed E-state index contributed by atoms with van der Waals surface area (Å²) in [5.41, 5.74) is 7.12. The lowest BCUT2D eigenvalue weighted by Gasteiger charge is -2.12. The van der Waals surface area contributed by atoms with Gasteiger partial charge in [0, 0.05) is 43.6 Å². The molecule has 0 atom stereocenters. The van der Waals surface area contributed by atoms with Crippen molar-refractivity contribution in [1.29, 1.82) is 5.41 Å². The van der Waals surface area contributed by atoms with Gasteiger partial charge in [0.2, 0.25) is 5.91 Å². The molecule has 1 aromatic heterocycles. The smallest absolute Gasteiger partial charge is 0.227 e. The first-order valence-electron chi connectivity index (χ1n) is 10.8. The van der Waals surface area contributed by atoms with Crippen molar-refractivity contribution in [3.8, 4) is 0 Å². The Balaban J connectivity index is 1.73. The summed E-state index contributed by atoms with van der Waals surface area (Å²) in [6, 6.07) is 10.7. The third-order valence-corrected chi connectivity index (χ3v) is 6.97. The zero-order chi connectivity index (χ0) is 23.1. The number of aromatic nitrogens is 2. The molecule has 10 heteroatoms. The number of nitrogens with zero attached hydrogens (tertiary/aromatic N) is 2. The summed E-state index contributed by atoms with van der Waals surface area (Å²) < 4.78 is 0. The Morgan fingerprint density at radius 2 is 1.91 bits per heavy atom. The number of amides is 1. The number of carbonyl (C=O) groups excluding carboxylic acids is 1. The van der Waals surface area contributed by atoms with Crippen LogP contribution in [-0.2, 0) is 4.79 Å². The molecule has 1 aliphatic carbocycles. The molecule has 0 bridgehead atoms. The Hall–Kier alpha value is -2.85. The summed E-state index contributed by atoms with van der Waals surface area (Å²) in [5.74, 6) is 1.92. The molecule has 0 saturated heterocycles. The van der Waals surface area contributed by atoms with Crippen molar-refractivity contribution in [1.82, 2.24) is 9.97 Å². The Morgan fingerprint density at radius 3 is 2.53 bits per heavy atom. The minimum Gasteiger partial charge on any atom is -0.385 e. The van der Waals surface area contributed by atoms with Gasteiger partial charge in [0.25, 0.3) is 0 Å². The van der Waals surface area contributed by atoms with Crippen LogP contribution in [0.25, 0.3) is 0 Å². The highest BCUT2D eigenvalue weighted by Gasteiger charge is 2.29. The molecular weight excluding hydrogens is 438 g/mol. The van der Waals surface area contributed by atoms with Gasteiger partial charge < -0.3 is 27.1 Å². The summed E-state index contributed by atoms with van der Waals surface area (Å²) in [6.45, 7) is 7.16. The van der Waals surface area contributed by atoms with Crippen LogP contribution in [0.15, 0.2) is 52.3 Å². The van der Waals surface area contributed by atoms with Crippen LogP contribution < -0.4 is 21.7 Å². The van der Waals surface area contributed by atoms with Crippen LogP contribution in [0.5, 0.6) is 0 Å². The van der Waals surface area contributed by atoms with Gasteiger partial charge >= 0.3 is 0 Å². The summed E-state index contributed by atoms with van der Waals surface area (Å²) in [7, 11) is -0.660. The van der Waals surface area contributed by atoms with Crippen molar-refractivity contribution < 1.29 is 4.79 Å². The highest BCUT2D eigenvalue weighted by atomic mass is 32.2. The second-order valence-corrected chi connectivity index (χ2v) is 12.7. The van der Waals surface area contributed by atoms with Gasteiger partial charge in [-0.25, -0.2) is 9.97 Å². The molecule has 170 valence electrons. The summed E-state index contributed by atoms with van der Waals surface area (Å²) in [5, 5.41) is 17.5. The number of anilines is 3.